The molecule has 0 aromatic carbocycles. The standard InChI is InChI=1S/C12H25NO2S/c1-4-5-9-16-11(3)12(15)13-10(2)7-6-8-14/h10-11,14H,4-9H2,1-3H3,(H,13,15)/t10-,11-/m1/s1. The number of carbonyl (C=O) groups excluding carboxylic acids is 1. The number of aliphatic hydroxyl groups excluding tert-OH is 1. The summed E-state index contributed by atoms with van der Waals surface area (Å²) in [6.45, 7) is 6.29. The van der Waals surface area contributed by atoms with Gasteiger partial charge >= 0.3 is 0 Å². The van der Waals surface area contributed by atoms with E-state index in [4.69, 9.17) is 5.11 Å². The summed E-state index contributed by atoms with van der Waals surface area (Å²) in [5.41, 5.74) is 0. The first-order chi connectivity index (χ1) is 7.61. The Balaban J connectivity index is 3.68. The predicted molar refractivity (Wildman–Crippen MR) is 70.8 cm³/mol. The van der Waals surface area contributed by atoms with Gasteiger partial charge in [-0.3, -0.25) is 4.79 Å². The summed E-state index contributed by atoms with van der Waals surface area (Å²) in [4.78, 5) is 11.7. The van der Waals surface area contributed by atoms with Crippen LogP contribution in [0.4, 0.5) is 0 Å². The zero-order chi connectivity index (χ0) is 12.4. The van der Waals surface area contributed by atoms with E-state index in [9.17, 15) is 4.79 Å². The van der Waals surface area contributed by atoms with Crippen molar-refractivity contribution >= 4 is 17.7 Å². The van der Waals surface area contributed by atoms with Gasteiger partial charge in [0.25, 0.3) is 0 Å². The van der Waals surface area contributed by atoms with Crippen molar-refractivity contribution < 1.29 is 9.90 Å². The van der Waals surface area contributed by atoms with Crippen molar-refractivity contribution in [3.8, 4) is 0 Å². The highest BCUT2D eigenvalue weighted by atomic mass is 32.2. The van der Waals surface area contributed by atoms with Gasteiger partial charge in [-0.2, -0.15) is 0 Å². The fourth-order valence-corrected chi connectivity index (χ4v) is 2.34. The molecule has 0 heterocycles. The van der Waals surface area contributed by atoms with Gasteiger partial charge in [0.2, 0.25) is 5.91 Å². The monoisotopic (exact) mass is 247 g/mol. The molecule has 0 bridgehead atoms. The highest BCUT2D eigenvalue weighted by Gasteiger charge is 2.14. The minimum Gasteiger partial charge on any atom is -0.396 e. The van der Waals surface area contributed by atoms with E-state index >= 15 is 0 Å². The Hall–Kier alpha value is -0.220. The Morgan fingerprint density at radius 3 is 2.62 bits per heavy atom. The number of unbranched alkanes of at least 4 members (excludes halogenated alkanes) is 1. The van der Waals surface area contributed by atoms with Crippen molar-refractivity contribution in [2.24, 2.45) is 0 Å². The lowest BCUT2D eigenvalue weighted by Crippen LogP contribution is -2.37. The van der Waals surface area contributed by atoms with Crippen LogP contribution in [-0.2, 0) is 4.79 Å². The largest absolute Gasteiger partial charge is 0.396 e. The summed E-state index contributed by atoms with van der Waals surface area (Å²) in [7, 11) is 0. The SMILES string of the molecule is CCCCS[C@H](C)C(=O)N[C@H](C)CCCO. The summed E-state index contributed by atoms with van der Waals surface area (Å²) >= 11 is 1.71. The second kappa shape index (κ2) is 9.97. The molecule has 16 heavy (non-hydrogen) atoms. The Morgan fingerprint density at radius 1 is 1.38 bits per heavy atom. The van der Waals surface area contributed by atoms with Gasteiger partial charge in [-0.05, 0) is 38.9 Å². The maximum Gasteiger partial charge on any atom is 0.233 e. The highest BCUT2D eigenvalue weighted by molar-refractivity contribution is 8.00. The molecule has 3 nitrogen and oxygen atoms in total. The lowest BCUT2D eigenvalue weighted by Gasteiger charge is -2.16. The van der Waals surface area contributed by atoms with Crippen LogP contribution in [0.5, 0.6) is 0 Å². The predicted octanol–water partition coefficient (Wildman–Crippen LogP) is 2.19. The van der Waals surface area contributed by atoms with Crippen LogP contribution >= 0.6 is 11.8 Å². The average molecular weight is 247 g/mol. The van der Waals surface area contributed by atoms with Crippen LogP contribution in [0.15, 0.2) is 0 Å². The molecule has 96 valence electrons. The third kappa shape index (κ3) is 7.99. The molecule has 2 atom stereocenters. The van der Waals surface area contributed by atoms with Gasteiger partial charge in [0.15, 0.2) is 0 Å². The molecular formula is C12H25NO2S. The number of nitrogens with one attached hydrogen (secondary N) is 1. The number of hydrogen-bond acceptors (Lipinski definition) is 3. The Kier molecular flexibility index (Phi) is 9.83. The van der Waals surface area contributed by atoms with E-state index in [0.717, 1.165) is 18.6 Å². The first-order valence-corrected chi connectivity index (χ1v) is 7.19. The maximum atomic E-state index is 11.7. The lowest BCUT2D eigenvalue weighted by atomic mass is 10.2. The molecule has 0 aliphatic heterocycles. The maximum absolute atomic E-state index is 11.7. The van der Waals surface area contributed by atoms with Gasteiger partial charge in [-0.1, -0.05) is 13.3 Å². The third-order valence-corrected chi connectivity index (χ3v) is 3.66. The highest BCUT2D eigenvalue weighted by Crippen LogP contribution is 2.13. The Bertz CT molecular complexity index is 188. The molecule has 0 aliphatic carbocycles. The molecule has 0 aromatic heterocycles. The molecule has 0 unspecified atom stereocenters. The molecule has 2 N–H and O–H groups in total. The van der Waals surface area contributed by atoms with Gasteiger partial charge in [0.05, 0.1) is 5.25 Å². The van der Waals surface area contributed by atoms with Gasteiger partial charge in [0.1, 0.15) is 0 Å². The topological polar surface area (TPSA) is 49.3 Å². The van der Waals surface area contributed by atoms with Crippen molar-refractivity contribution in [2.75, 3.05) is 12.4 Å². The molecule has 4 heteroatoms. The summed E-state index contributed by atoms with van der Waals surface area (Å²) in [5, 5.41) is 11.7. The number of carbonyl (C=O) groups is 1. The van der Waals surface area contributed by atoms with E-state index in [1.807, 2.05) is 13.8 Å². The zero-order valence-electron chi connectivity index (χ0n) is 10.7. The van der Waals surface area contributed by atoms with Gasteiger partial charge in [-0.25, -0.2) is 0 Å². The van der Waals surface area contributed by atoms with E-state index < -0.39 is 0 Å². The van der Waals surface area contributed by atoms with Crippen LogP contribution in [0.1, 0.15) is 46.5 Å². The van der Waals surface area contributed by atoms with Crippen LogP contribution in [0.2, 0.25) is 0 Å². The number of rotatable bonds is 9. The van der Waals surface area contributed by atoms with E-state index in [0.29, 0.717) is 0 Å². The average Bonchev–Trinajstić information content (AvgIpc) is 2.26. The van der Waals surface area contributed by atoms with Crippen molar-refractivity contribution in [2.45, 2.75) is 57.7 Å². The molecule has 0 spiro atoms. The number of aliphatic hydroxyl groups is 1. The van der Waals surface area contributed by atoms with Crippen molar-refractivity contribution in [1.82, 2.24) is 5.32 Å². The smallest absolute Gasteiger partial charge is 0.233 e. The van der Waals surface area contributed by atoms with Crippen LogP contribution in [0, 0.1) is 0 Å². The molecule has 0 fully saturated rings. The Labute approximate surface area is 103 Å². The van der Waals surface area contributed by atoms with Crippen molar-refractivity contribution in [1.29, 1.82) is 0 Å². The summed E-state index contributed by atoms with van der Waals surface area (Å²) in [6.07, 6.45) is 3.93. The van der Waals surface area contributed by atoms with E-state index in [-0.39, 0.29) is 23.8 Å². The number of hydrogen-bond donors (Lipinski definition) is 2. The second-order valence-corrected chi connectivity index (χ2v) is 5.59. The molecule has 0 aliphatic rings. The third-order valence-electron chi connectivity index (χ3n) is 2.42. The van der Waals surface area contributed by atoms with Crippen LogP contribution in [-0.4, -0.2) is 34.7 Å². The molecule has 0 radical (unpaired) electrons. The van der Waals surface area contributed by atoms with Gasteiger partial charge in [-0.15, -0.1) is 11.8 Å². The minimum absolute atomic E-state index is 0.0307. The molecule has 0 aromatic rings. The van der Waals surface area contributed by atoms with Crippen LogP contribution in [0.3, 0.4) is 0 Å². The molecule has 0 saturated carbocycles. The molecule has 0 rings (SSSR count). The van der Waals surface area contributed by atoms with Crippen LogP contribution in [0.25, 0.3) is 0 Å². The summed E-state index contributed by atoms with van der Waals surface area (Å²) in [6, 6.07) is 0.161. The van der Waals surface area contributed by atoms with E-state index in [2.05, 4.69) is 12.2 Å². The Morgan fingerprint density at radius 2 is 2.06 bits per heavy atom. The summed E-state index contributed by atoms with van der Waals surface area (Å²) in [5.74, 6) is 1.17. The zero-order valence-corrected chi connectivity index (χ0v) is 11.5. The minimum atomic E-state index is 0.0307. The summed E-state index contributed by atoms with van der Waals surface area (Å²) < 4.78 is 0. The van der Waals surface area contributed by atoms with Crippen LogP contribution < -0.4 is 5.32 Å². The van der Waals surface area contributed by atoms with Crippen molar-refractivity contribution in [3.05, 3.63) is 0 Å². The second-order valence-electron chi connectivity index (χ2n) is 4.14. The number of thioether (sulfide) groups is 1. The van der Waals surface area contributed by atoms with Gasteiger partial charge < -0.3 is 10.4 Å². The molecular weight excluding hydrogens is 222 g/mol. The first kappa shape index (κ1) is 15.8. The fraction of sp³-hybridized carbons (Fsp3) is 0.917. The molecule has 1 amide bonds. The van der Waals surface area contributed by atoms with E-state index in [1.165, 1.54) is 12.8 Å². The fourth-order valence-electron chi connectivity index (χ4n) is 1.31. The number of amides is 1. The quantitative estimate of drug-likeness (QED) is 0.614. The van der Waals surface area contributed by atoms with Crippen molar-refractivity contribution in [3.63, 3.8) is 0 Å². The lowest BCUT2D eigenvalue weighted by molar-refractivity contribution is -0.120. The van der Waals surface area contributed by atoms with E-state index in [1.54, 1.807) is 11.8 Å². The van der Waals surface area contributed by atoms with Gasteiger partial charge in [0, 0.05) is 12.6 Å². The molecule has 0 saturated heterocycles. The normalized spacial score (nSPS) is 14.5. The first-order valence-electron chi connectivity index (χ1n) is 6.14.